The van der Waals surface area contributed by atoms with E-state index in [0.29, 0.717) is 31.8 Å². The number of anilines is 2. The maximum Gasteiger partial charge on any atom is 0.185 e. The van der Waals surface area contributed by atoms with Crippen LogP contribution in [0.5, 0.6) is 0 Å². The maximum absolute atomic E-state index is 9.55. The van der Waals surface area contributed by atoms with Gasteiger partial charge in [-0.2, -0.15) is 0 Å². The van der Waals surface area contributed by atoms with Gasteiger partial charge < -0.3 is 34.9 Å². The number of allylic oxidation sites excluding steroid dienone is 1. The van der Waals surface area contributed by atoms with Crippen LogP contribution < -0.4 is 10.6 Å². The van der Waals surface area contributed by atoms with Crippen molar-refractivity contribution < 1.29 is 19.3 Å². The van der Waals surface area contributed by atoms with E-state index in [1.165, 1.54) is 11.1 Å². The Kier molecular flexibility index (Phi) is 13.2. The number of nitrogens with one attached hydrogen (secondary N) is 2. The molecule has 1 aliphatic rings. The van der Waals surface area contributed by atoms with Crippen LogP contribution in [-0.2, 0) is 20.6 Å². The number of nitrogens with zero attached hydrogens (tertiary/aromatic N) is 2. The number of aliphatic hydroxyl groups is 1. The van der Waals surface area contributed by atoms with Crippen molar-refractivity contribution in [1.82, 2.24) is 9.88 Å². The van der Waals surface area contributed by atoms with Crippen molar-refractivity contribution in [3.63, 3.8) is 0 Å². The van der Waals surface area contributed by atoms with Crippen LogP contribution in [0, 0.1) is 12.8 Å². The highest BCUT2D eigenvalue weighted by molar-refractivity contribution is 5.56. The summed E-state index contributed by atoms with van der Waals surface area (Å²) in [7, 11) is 5.48. The smallest absolute Gasteiger partial charge is 0.185 e. The van der Waals surface area contributed by atoms with E-state index in [4.69, 9.17) is 19.2 Å². The Hall–Kier alpha value is -2.03. The third-order valence-corrected chi connectivity index (χ3v) is 6.76. The standard InChI is InChI=1S/C27H48N4O4/c1-7-35-26(31(4)21(3)19-34-6)11-9-8-10-24-20(2)16-25(28-14-15-33-5)30-27(24)29-23-13-12-22(17-23)18-32/h11,16,21-23,32H,7-10,12-15,17-19H2,1-6H3,(H2,28,29,30). The Morgan fingerprint density at radius 1 is 1.31 bits per heavy atom. The van der Waals surface area contributed by atoms with Crippen molar-refractivity contribution in [3.8, 4) is 0 Å². The number of pyridine rings is 1. The van der Waals surface area contributed by atoms with Crippen molar-refractivity contribution in [2.24, 2.45) is 5.92 Å². The molecule has 0 radical (unpaired) electrons. The van der Waals surface area contributed by atoms with Crippen LogP contribution in [0.25, 0.3) is 0 Å². The van der Waals surface area contributed by atoms with Crippen LogP contribution in [0.3, 0.4) is 0 Å². The Morgan fingerprint density at radius 2 is 2.11 bits per heavy atom. The monoisotopic (exact) mass is 492 g/mol. The summed E-state index contributed by atoms with van der Waals surface area (Å²) in [6, 6.07) is 2.72. The molecule has 1 aliphatic carbocycles. The highest BCUT2D eigenvalue weighted by Crippen LogP contribution is 2.30. The van der Waals surface area contributed by atoms with Crippen molar-refractivity contribution >= 4 is 11.6 Å². The van der Waals surface area contributed by atoms with Gasteiger partial charge in [0, 0.05) is 40.5 Å². The number of aryl methyl sites for hydroxylation is 1. The zero-order chi connectivity index (χ0) is 25.6. The molecule has 2 rings (SSSR count). The number of ether oxygens (including phenoxy) is 3. The first-order valence-corrected chi connectivity index (χ1v) is 13.1. The summed E-state index contributed by atoms with van der Waals surface area (Å²) in [6.07, 6.45) is 8.17. The quantitative estimate of drug-likeness (QED) is 0.220. The first-order chi connectivity index (χ1) is 16.9. The van der Waals surface area contributed by atoms with E-state index in [-0.39, 0.29) is 12.6 Å². The number of unbranched alkanes of at least 4 members (excludes halogenated alkanes) is 1. The van der Waals surface area contributed by atoms with E-state index in [1.54, 1.807) is 14.2 Å². The van der Waals surface area contributed by atoms with Gasteiger partial charge in [0.15, 0.2) is 5.88 Å². The minimum absolute atomic E-state index is 0.243. The molecule has 3 unspecified atom stereocenters. The normalized spacial score (nSPS) is 19.0. The zero-order valence-corrected chi connectivity index (χ0v) is 22.7. The van der Waals surface area contributed by atoms with Crippen LogP contribution in [-0.4, -0.2) is 81.3 Å². The number of aromatic nitrogens is 1. The van der Waals surface area contributed by atoms with Crippen LogP contribution in [0.1, 0.15) is 57.1 Å². The first-order valence-electron chi connectivity index (χ1n) is 13.1. The summed E-state index contributed by atoms with van der Waals surface area (Å²) in [5.41, 5.74) is 2.50. The van der Waals surface area contributed by atoms with Gasteiger partial charge in [-0.15, -0.1) is 0 Å². The third-order valence-electron chi connectivity index (χ3n) is 6.76. The molecule has 1 heterocycles. The van der Waals surface area contributed by atoms with Crippen LogP contribution >= 0.6 is 0 Å². The molecule has 0 amide bonds. The summed E-state index contributed by atoms with van der Waals surface area (Å²) in [6.45, 7) is 9.23. The number of methoxy groups -OCH3 is 2. The molecule has 0 aromatic carbocycles. The SMILES string of the molecule is CCOC(=CCCCc1c(C)cc(NCCOC)nc1NC1CCC(CO)C1)N(C)C(C)COC. The minimum atomic E-state index is 0.243. The topological polar surface area (TPSA) is 88.1 Å². The lowest BCUT2D eigenvalue weighted by molar-refractivity contribution is 0.0726. The fourth-order valence-electron chi connectivity index (χ4n) is 4.60. The van der Waals surface area contributed by atoms with E-state index >= 15 is 0 Å². The van der Waals surface area contributed by atoms with Gasteiger partial charge in [-0.05, 0) is 88.5 Å². The Morgan fingerprint density at radius 3 is 2.77 bits per heavy atom. The molecular weight excluding hydrogens is 444 g/mol. The van der Waals surface area contributed by atoms with E-state index in [9.17, 15) is 5.11 Å². The van der Waals surface area contributed by atoms with Crippen molar-refractivity contribution in [1.29, 1.82) is 0 Å². The lowest BCUT2D eigenvalue weighted by atomic mass is 10.0. The maximum atomic E-state index is 9.55. The Labute approximate surface area is 212 Å². The van der Waals surface area contributed by atoms with Gasteiger partial charge in [0.05, 0.1) is 25.9 Å². The van der Waals surface area contributed by atoms with E-state index in [2.05, 4.69) is 48.6 Å². The van der Waals surface area contributed by atoms with Gasteiger partial charge in [0.1, 0.15) is 11.6 Å². The molecule has 0 aliphatic heterocycles. The summed E-state index contributed by atoms with van der Waals surface area (Å²) >= 11 is 0. The number of hydrogen-bond acceptors (Lipinski definition) is 8. The average Bonchev–Trinajstić information content (AvgIpc) is 3.29. The first kappa shape index (κ1) is 29.2. The summed E-state index contributed by atoms with van der Waals surface area (Å²) in [5, 5.41) is 16.6. The molecule has 200 valence electrons. The summed E-state index contributed by atoms with van der Waals surface area (Å²) in [5.74, 6) is 3.13. The molecule has 1 aromatic heterocycles. The molecule has 1 aromatic rings. The Bertz CT molecular complexity index is 774. The number of aliphatic hydroxyl groups excluding tert-OH is 1. The molecule has 0 bridgehead atoms. The molecule has 3 atom stereocenters. The lowest BCUT2D eigenvalue weighted by Gasteiger charge is -2.28. The number of hydrogen-bond donors (Lipinski definition) is 3. The van der Waals surface area contributed by atoms with Gasteiger partial charge in [-0.25, -0.2) is 4.98 Å². The van der Waals surface area contributed by atoms with E-state index < -0.39 is 0 Å². The highest BCUT2D eigenvalue weighted by Gasteiger charge is 2.25. The molecule has 1 fully saturated rings. The lowest BCUT2D eigenvalue weighted by Crippen LogP contribution is -2.33. The van der Waals surface area contributed by atoms with Crippen LogP contribution in [0.15, 0.2) is 18.0 Å². The number of rotatable bonds is 17. The van der Waals surface area contributed by atoms with Crippen molar-refractivity contribution in [2.45, 2.75) is 71.4 Å². The predicted molar refractivity (Wildman–Crippen MR) is 143 cm³/mol. The molecular formula is C27H48N4O4. The molecule has 1 saturated carbocycles. The van der Waals surface area contributed by atoms with Crippen molar-refractivity contribution in [2.75, 3.05) is 64.9 Å². The summed E-state index contributed by atoms with van der Waals surface area (Å²) in [4.78, 5) is 7.08. The Balaban J connectivity index is 2.11. The van der Waals surface area contributed by atoms with Gasteiger partial charge in [0.2, 0.25) is 0 Å². The third kappa shape index (κ3) is 9.50. The van der Waals surface area contributed by atoms with E-state index in [0.717, 1.165) is 62.6 Å². The fourth-order valence-corrected chi connectivity index (χ4v) is 4.60. The predicted octanol–water partition coefficient (Wildman–Crippen LogP) is 4.19. The molecule has 0 spiro atoms. The second-order valence-corrected chi connectivity index (χ2v) is 9.56. The van der Waals surface area contributed by atoms with Gasteiger partial charge in [-0.1, -0.05) is 0 Å². The highest BCUT2D eigenvalue weighted by atomic mass is 16.5. The largest absolute Gasteiger partial charge is 0.480 e. The zero-order valence-electron chi connectivity index (χ0n) is 22.7. The molecule has 8 nitrogen and oxygen atoms in total. The second kappa shape index (κ2) is 15.9. The van der Waals surface area contributed by atoms with Crippen molar-refractivity contribution in [3.05, 3.63) is 29.2 Å². The second-order valence-electron chi connectivity index (χ2n) is 9.56. The molecule has 0 saturated heterocycles. The van der Waals surface area contributed by atoms with Crippen LogP contribution in [0.2, 0.25) is 0 Å². The number of likely N-dealkylation sites (N-methyl/N-ethyl adjacent to an activating group) is 1. The van der Waals surface area contributed by atoms with Crippen LogP contribution in [0.4, 0.5) is 11.6 Å². The summed E-state index contributed by atoms with van der Waals surface area (Å²) < 4.78 is 16.4. The molecule has 35 heavy (non-hydrogen) atoms. The average molecular weight is 493 g/mol. The fraction of sp³-hybridized carbons (Fsp3) is 0.741. The van der Waals surface area contributed by atoms with E-state index in [1.807, 2.05) is 6.92 Å². The minimum Gasteiger partial charge on any atom is -0.480 e. The van der Waals surface area contributed by atoms with Gasteiger partial charge in [0.25, 0.3) is 0 Å². The molecule has 3 N–H and O–H groups in total. The van der Waals surface area contributed by atoms with Gasteiger partial charge in [-0.3, -0.25) is 0 Å². The van der Waals surface area contributed by atoms with Gasteiger partial charge >= 0.3 is 0 Å². The molecule has 8 heteroatoms.